The number of fused-ring (bicyclic) bond motifs is 2. The van der Waals surface area contributed by atoms with Crippen molar-refractivity contribution in [1.29, 1.82) is 0 Å². The lowest BCUT2D eigenvalue weighted by Gasteiger charge is -2.56. The van der Waals surface area contributed by atoms with Gasteiger partial charge in [-0.15, -0.1) is 0 Å². The number of rotatable bonds is 8. The van der Waals surface area contributed by atoms with Gasteiger partial charge in [0.1, 0.15) is 11.6 Å². The van der Waals surface area contributed by atoms with E-state index in [0.29, 0.717) is 12.1 Å². The highest BCUT2D eigenvalue weighted by Gasteiger charge is 2.44. The summed E-state index contributed by atoms with van der Waals surface area (Å²) in [6.45, 7) is 12.5. The lowest BCUT2D eigenvalue weighted by atomic mass is 9.87. The van der Waals surface area contributed by atoms with Gasteiger partial charge in [-0.2, -0.15) is 5.10 Å². The minimum Gasteiger partial charge on any atom is -0.353 e. The molecule has 9 heteroatoms. The monoisotopic (exact) mass is 486 g/mol. The standard InChI is InChI=1S/C27H31FN8/c1-17(7-18(2)32-26-8-19(3)33-34-26)31-20(4)22-5-6-27(30-12-22)35-15-24-10-25(16-35)36(24)14-21-9-23(28)13-29-11-21/h5-9,11-13,24-25H,2,10,14-16H2,1,3-4H3,(H2,32,33,34)/b17-7-,31-20?. The minimum absolute atomic E-state index is 0.278. The van der Waals surface area contributed by atoms with Gasteiger partial charge >= 0.3 is 0 Å². The van der Waals surface area contributed by atoms with Crippen molar-refractivity contribution in [1.82, 2.24) is 25.1 Å². The van der Waals surface area contributed by atoms with E-state index in [2.05, 4.69) is 49.0 Å². The van der Waals surface area contributed by atoms with Gasteiger partial charge in [-0.25, -0.2) is 9.37 Å². The van der Waals surface area contributed by atoms with Crippen molar-refractivity contribution >= 4 is 17.3 Å². The third-order valence-electron chi connectivity index (χ3n) is 6.68. The second-order valence-corrected chi connectivity index (χ2v) is 9.61. The maximum atomic E-state index is 13.5. The van der Waals surface area contributed by atoms with Gasteiger partial charge in [-0.3, -0.25) is 20.0 Å². The summed E-state index contributed by atoms with van der Waals surface area (Å²) in [5.41, 5.74) is 5.34. The highest BCUT2D eigenvalue weighted by atomic mass is 19.1. The molecule has 0 saturated carbocycles. The number of halogens is 1. The average Bonchev–Trinajstić information content (AvgIpc) is 3.26. The predicted molar refractivity (Wildman–Crippen MR) is 140 cm³/mol. The van der Waals surface area contributed by atoms with E-state index < -0.39 is 0 Å². The SMILES string of the molecule is C=C(/C=C(/C)N=C(C)c1ccc(N2CC3CC(C2)N3Cc2cncc(F)c2)nc1)Nc1cc(C)[nH]n1. The van der Waals surface area contributed by atoms with Crippen LogP contribution in [-0.4, -0.2) is 56.0 Å². The van der Waals surface area contributed by atoms with Gasteiger partial charge in [0.05, 0.1) is 6.20 Å². The van der Waals surface area contributed by atoms with Crippen molar-refractivity contribution in [2.45, 2.75) is 45.8 Å². The molecule has 3 fully saturated rings. The molecule has 0 aliphatic carbocycles. The first-order valence-corrected chi connectivity index (χ1v) is 12.1. The Labute approximate surface area is 210 Å². The largest absolute Gasteiger partial charge is 0.353 e. The molecule has 0 spiro atoms. The van der Waals surface area contributed by atoms with Crippen LogP contribution in [0.2, 0.25) is 0 Å². The average molecular weight is 487 g/mol. The number of aromatic nitrogens is 4. The van der Waals surface area contributed by atoms with Crippen LogP contribution in [0, 0.1) is 12.7 Å². The van der Waals surface area contributed by atoms with E-state index >= 15 is 0 Å². The number of hydrogen-bond donors (Lipinski definition) is 2. The Morgan fingerprint density at radius 1 is 1.22 bits per heavy atom. The van der Waals surface area contributed by atoms with Crippen LogP contribution in [0.3, 0.4) is 0 Å². The van der Waals surface area contributed by atoms with Crippen LogP contribution < -0.4 is 10.2 Å². The highest BCUT2D eigenvalue weighted by molar-refractivity contribution is 5.99. The number of nitrogens with zero attached hydrogens (tertiary/aromatic N) is 6. The maximum absolute atomic E-state index is 13.5. The molecular formula is C27H31FN8. The molecule has 0 radical (unpaired) electrons. The number of nitrogens with one attached hydrogen (secondary N) is 2. The summed E-state index contributed by atoms with van der Waals surface area (Å²) < 4.78 is 13.5. The molecule has 2 N–H and O–H groups in total. The van der Waals surface area contributed by atoms with Crippen LogP contribution in [0.5, 0.6) is 0 Å². The van der Waals surface area contributed by atoms with E-state index in [9.17, 15) is 4.39 Å². The Balaban J connectivity index is 1.17. The first-order valence-electron chi connectivity index (χ1n) is 12.1. The summed E-state index contributed by atoms with van der Waals surface area (Å²) in [6.07, 6.45) is 7.95. The van der Waals surface area contributed by atoms with Gasteiger partial charge in [-0.1, -0.05) is 6.58 Å². The minimum atomic E-state index is -0.278. The molecule has 2 bridgehead atoms. The maximum Gasteiger partial charge on any atom is 0.152 e. The Bertz CT molecular complexity index is 1300. The lowest BCUT2D eigenvalue weighted by Crippen LogP contribution is -2.68. The number of aromatic amines is 1. The predicted octanol–water partition coefficient (Wildman–Crippen LogP) is 4.45. The molecular weight excluding hydrogens is 455 g/mol. The fourth-order valence-electron chi connectivity index (χ4n) is 4.97. The molecule has 6 rings (SSSR count). The van der Waals surface area contributed by atoms with Gasteiger partial charge in [0.25, 0.3) is 0 Å². The van der Waals surface area contributed by atoms with Gasteiger partial charge in [0.2, 0.25) is 0 Å². The van der Waals surface area contributed by atoms with Crippen LogP contribution in [-0.2, 0) is 6.54 Å². The van der Waals surface area contributed by atoms with Crippen molar-refractivity contribution in [3.05, 3.63) is 89.5 Å². The molecule has 3 aromatic rings. The van der Waals surface area contributed by atoms with Crippen molar-refractivity contribution in [2.24, 2.45) is 4.99 Å². The van der Waals surface area contributed by atoms with Crippen molar-refractivity contribution < 1.29 is 4.39 Å². The molecule has 2 atom stereocenters. The van der Waals surface area contributed by atoms with Crippen LogP contribution in [0.15, 0.2) is 71.9 Å². The summed E-state index contributed by atoms with van der Waals surface area (Å²) in [4.78, 5) is 18.2. The quantitative estimate of drug-likeness (QED) is 0.362. The molecule has 0 aromatic carbocycles. The van der Waals surface area contributed by atoms with Gasteiger partial charge in [0, 0.05) is 78.5 Å². The molecule has 3 saturated heterocycles. The summed E-state index contributed by atoms with van der Waals surface area (Å²) >= 11 is 0. The Morgan fingerprint density at radius 2 is 2.03 bits per heavy atom. The fourth-order valence-corrected chi connectivity index (χ4v) is 4.97. The van der Waals surface area contributed by atoms with E-state index in [1.807, 2.05) is 39.1 Å². The smallest absolute Gasteiger partial charge is 0.152 e. The second kappa shape index (κ2) is 10.0. The van der Waals surface area contributed by atoms with Gasteiger partial charge < -0.3 is 10.2 Å². The van der Waals surface area contributed by atoms with Gasteiger partial charge in [-0.05, 0) is 57.0 Å². The topological polar surface area (TPSA) is 85.3 Å². The lowest BCUT2D eigenvalue weighted by molar-refractivity contribution is -0.00882. The number of pyridine rings is 2. The molecule has 3 aromatic heterocycles. The van der Waals surface area contributed by atoms with E-state index in [4.69, 9.17) is 9.98 Å². The van der Waals surface area contributed by atoms with E-state index in [-0.39, 0.29) is 5.82 Å². The number of H-pyrrole nitrogens is 1. The van der Waals surface area contributed by atoms with Crippen molar-refractivity contribution in [2.75, 3.05) is 23.3 Å². The molecule has 3 aliphatic rings. The number of anilines is 2. The number of hydrogen-bond acceptors (Lipinski definition) is 7. The zero-order valence-electron chi connectivity index (χ0n) is 20.9. The van der Waals surface area contributed by atoms with Crippen LogP contribution in [0.4, 0.5) is 16.0 Å². The molecule has 36 heavy (non-hydrogen) atoms. The first-order chi connectivity index (χ1) is 17.3. The Hall–Kier alpha value is -3.85. The van der Waals surface area contributed by atoms with E-state index in [1.54, 1.807) is 12.3 Å². The van der Waals surface area contributed by atoms with E-state index in [1.165, 1.54) is 12.6 Å². The van der Waals surface area contributed by atoms with Crippen molar-refractivity contribution in [3.8, 4) is 0 Å². The fraction of sp³-hybridized carbons (Fsp3) is 0.333. The van der Waals surface area contributed by atoms with Crippen LogP contribution >= 0.6 is 0 Å². The second-order valence-electron chi connectivity index (χ2n) is 9.61. The number of piperazine rings is 1. The molecule has 8 nitrogen and oxygen atoms in total. The zero-order valence-corrected chi connectivity index (χ0v) is 20.9. The molecule has 0 amide bonds. The molecule has 6 heterocycles. The summed E-state index contributed by atoms with van der Waals surface area (Å²) in [6, 6.07) is 8.55. The molecule has 3 aliphatic heterocycles. The summed E-state index contributed by atoms with van der Waals surface area (Å²) in [5.74, 6) is 1.43. The number of aryl methyl sites for hydroxylation is 1. The van der Waals surface area contributed by atoms with Gasteiger partial charge in [0.15, 0.2) is 5.82 Å². The first kappa shape index (κ1) is 23.9. The summed E-state index contributed by atoms with van der Waals surface area (Å²) in [5, 5.41) is 10.2. The van der Waals surface area contributed by atoms with E-state index in [0.717, 1.165) is 65.2 Å². The third kappa shape index (κ3) is 5.36. The zero-order chi connectivity index (χ0) is 25.2. The number of allylic oxidation sites excluding steroid dienone is 2. The normalized spacial score (nSPS) is 20.3. The molecule has 2 unspecified atom stereocenters. The van der Waals surface area contributed by atoms with Crippen LogP contribution in [0.25, 0.3) is 0 Å². The molecule has 186 valence electrons. The number of piperidine rings is 1. The highest BCUT2D eigenvalue weighted by Crippen LogP contribution is 2.35. The Kier molecular flexibility index (Phi) is 6.65. The number of aliphatic imine (C=N–C) groups is 1. The van der Waals surface area contributed by atoms with Crippen LogP contribution in [0.1, 0.15) is 37.1 Å². The third-order valence-corrected chi connectivity index (χ3v) is 6.68. The summed E-state index contributed by atoms with van der Waals surface area (Å²) in [7, 11) is 0. The van der Waals surface area contributed by atoms with Crippen molar-refractivity contribution in [3.63, 3.8) is 0 Å². The Morgan fingerprint density at radius 3 is 2.69 bits per heavy atom.